The van der Waals surface area contributed by atoms with Crippen molar-refractivity contribution in [1.29, 1.82) is 5.41 Å². The van der Waals surface area contributed by atoms with Crippen LogP contribution in [0.3, 0.4) is 0 Å². The van der Waals surface area contributed by atoms with Gasteiger partial charge in [0.1, 0.15) is 12.3 Å². The van der Waals surface area contributed by atoms with Crippen LogP contribution in [-0.4, -0.2) is 35.9 Å². The van der Waals surface area contributed by atoms with Crippen LogP contribution in [0.1, 0.15) is 0 Å². The van der Waals surface area contributed by atoms with Crippen LogP contribution >= 0.6 is 0 Å². The Kier molecular flexibility index (Phi) is 5.30. The lowest BCUT2D eigenvalue weighted by atomic mass is 10.3. The van der Waals surface area contributed by atoms with Crippen LogP contribution in [-0.2, 0) is 0 Å². The molecule has 0 radical (unpaired) electrons. The average Bonchev–Trinajstić information content (AvgIpc) is 2.35. The Morgan fingerprint density at radius 3 is 2.00 bits per heavy atom. The lowest BCUT2D eigenvalue weighted by Gasteiger charge is -2.22. The summed E-state index contributed by atoms with van der Waals surface area (Å²) in [5, 5.41) is 7.06. The number of benzene rings is 1. The molecule has 5 N–H and O–H groups in total. The summed E-state index contributed by atoms with van der Waals surface area (Å²) < 4.78 is 76.6. The number of ether oxygens (including phenoxy) is 1. The van der Waals surface area contributed by atoms with Gasteiger partial charge in [-0.3, -0.25) is 10.3 Å². The molecule has 0 fully saturated rings. The van der Waals surface area contributed by atoms with Gasteiger partial charge in [-0.2, -0.15) is 13.2 Å². The highest BCUT2D eigenvalue weighted by molar-refractivity contribution is 5.96. The first kappa shape index (κ1) is 18.4. The number of nitrogens with zero attached hydrogens (tertiary/aromatic N) is 2. The Balaban J connectivity index is 2.93. The minimum atomic E-state index is -4.87. The van der Waals surface area contributed by atoms with Gasteiger partial charge in [-0.05, 0) is 24.3 Å². The average molecular weight is 343 g/mol. The lowest BCUT2D eigenvalue weighted by Crippen LogP contribution is -2.49. The second kappa shape index (κ2) is 6.62. The number of nitrogens with two attached hydrogens (primary N) is 2. The molecule has 0 spiro atoms. The van der Waals surface area contributed by atoms with Crippen LogP contribution in [0.2, 0.25) is 0 Å². The van der Waals surface area contributed by atoms with Crippen molar-refractivity contribution in [3.63, 3.8) is 0 Å². The van der Waals surface area contributed by atoms with Crippen LogP contribution in [0.4, 0.5) is 32.0 Å². The number of halogens is 6. The smallest absolute Gasteiger partial charge is 0.406 e. The van der Waals surface area contributed by atoms with Gasteiger partial charge in [0.2, 0.25) is 5.96 Å². The molecule has 0 atom stereocenters. The van der Waals surface area contributed by atoms with E-state index in [1.807, 2.05) is 0 Å². The van der Waals surface area contributed by atoms with Gasteiger partial charge in [-0.1, -0.05) is 0 Å². The summed E-state index contributed by atoms with van der Waals surface area (Å²) in [7, 11) is 0. The van der Waals surface area contributed by atoms with Gasteiger partial charge < -0.3 is 16.2 Å². The number of alkyl halides is 6. The summed E-state index contributed by atoms with van der Waals surface area (Å²) in [5.41, 5.74) is 10.3. The maximum absolute atomic E-state index is 12.3. The molecule has 1 rings (SSSR count). The summed E-state index contributed by atoms with van der Waals surface area (Å²) >= 11 is 0. The van der Waals surface area contributed by atoms with E-state index < -0.39 is 36.8 Å². The van der Waals surface area contributed by atoms with Gasteiger partial charge in [0, 0.05) is 0 Å². The first-order valence-corrected chi connectivity index (χ1v) is 5.76. The molecule has 23 heavy (non-hydrogen) atoms. The molecular weight excluding hydrogens is 332 g/mol. The SMILES string of the molecule is N=C(N)N(CC(F)(F)F)C(N)=Nc1ccc(OC(F)(F)F)cc1. The van der Waals surface area contributed by atoms with Crippen molar-refractivity contribution in [3.05, 3.63) is 24.3 Å². The predicted molar refractivity (Wildman–Crippen MR) is 69.1 cm³/mol. The van der Waals surface area contributed by atoms with Crippen LogP contribution in [0, 0.1) is 5.41 Å². The zero-order chi connectivity index (χ0) is 17.8. The third-order valence-corrected chi connectivity index (χ3v) is 2.22. The summed E-state index contributed by atoms with van der Waals surface area (Å²) in [6, 6.07) is 3.89. The zero-order valence-corrected chi connectivity index (χ0v) is 11.2. The van der Waals surface area contributed by atoms with Crippen molar-refractivity contribution in [2.75, 3.05) is 6.54 Å². The van der Waals surface area contributed by atoms with Crippen molar-refractivity contribution in [1.82, 2.24) is 4.90 Å². The molecule has 0 aliphatic rings. The largest absolute Gasteiger partial charge is 0.573 e. The highest BCUT2D eigenvalue weighted by Crippen LogP contribution is 2.25. The Bertz CT molecular complexity index is 580. The maximum atomic E-state index is 12.3. The van der Waals surface area contributed by atoms with E-state index in [1.165, 1.54) is 0 Å². The number of hydrogen-bond donors (Lipinski definition) is 3. The van der Waals surface area contributed by atoms with Gasteiger partial charge in [0.15, 0.2) is 5.96 Å². The molecule has 128 valence electrons. The van der Waals surface area contributed by atoms with Crippen LogP contribution in [0.25, 0.3) is 0 Å². The standard InChI is InChI=1S/C11H11F6N5O/c12-10(13,14)5-22(8(18)19)9(20)21-6-1-3-7(4-2-6)23-11(15,16)17/h1-4H,5H2,(H3,18,19)(H2,20,21). The molecule has 0 saturated carbocycles. The minimum Gasteiger partial charge on any atom is -0.406 e. The Morgan fingerprint density at radius 1 is 1.09 bits per heavy atom. The molecule has 0 unspecified atom stereocenters. The van der Waals surface area contributed by atoms with E-state index >= 15 is 0 Å². The summed E-state index contributed by atoms with van der Waals surface area (Å²) in [6.45, 7) is -1.63. The van der Waals surface area contributed by atoms with E-state index in [9.17, 15) is 26.3 Å². The number of aliphatic imine (C=N–C) groups is 1. The van der Waals surface area contributed by atoms with E-state index in [0.29, 0.717) is 0 Å². The van der Waals surface area contributed by atoms with Gasteiger partial charge in [-0.25, -0.2) is 4.99 Å². The van der Waals surface area contributed by atoms with Gasteiger partial charge in [0.05, 0.1) is 5.69 Å². The molecule has 6 nitrogen and oxygen atoms in total. The zero-order valence-electron chi connectivity index (χ0n) is 11.2. The normalized spacial score (nSPS) is 12.9. The molecule has 0 aromatic heterocycles. The fraction of sp³-hybridized carbons (Fsp3) is 0.273. The van der Waals surface area contributed by atoms with E-state index in [2.05, 4.69) is 9.73 Å². The Labute approximate surface area is 125 Å². The third kappa shape index (κ3) is 6.76. The molecule has 0 heterocycles. The summed E-state index contributed by atoms with van der Waals surface area (Å²) in [6.07, 6.45) is -9.56. The molecule has 1 aromatic rings. The molecule has 1 aromatic carbocycles. The monoisotopic (exact) mass is 343 g/mol. The summed E-state index contributed by atoms with van der Waals surface area (Å²) in [5.74, 6) is -2.26. The second-order valence-electron chi connectivity index (χ2n) is 4.10. The van der Waals surface area contributed by atoms with Crippen molar-refractivity contribution in [2.45, 2.75) is 12.5 Å². The van der Waals surface area contributed by atoms with Gasteiger partial charge in [-0.15, -0.1) is 13.2 Å². The highest BCUT2D eigenvalue weighted by Gasteiger charge is 2.33. The fourth-order valence-corrected chi connectivity index (χ4v) is 1.38. The molecule has 0 saturated heterocycles. The number of guanidine groups is 2. The molecular formula is C11H11F6N5O. The van der Waals surface area contributed by atoms with Crippen LogP contribution in [0.5, 0.6) is 5.75 Å². The first-order valence-electron chi connectivity index (χ1n) is 5.76. The van der Waals surface area contributed by atoms with E-state index in [4.69, 9.17) is 16.9 Å². The number of rotatable bonds is 3. The van der Waals surface area contributed by atoms with Crippen molar-refractivity contribution in [3.8, 4) is 5.75 Å². The molecule has 0 aliphatic carbocycles. The second-order valence-corrected chi connectivity index (χ2v) is 4.10. The minimum absolute atomic E-state index is 0.0505. The van der Waals surface area contributed by atoms with E-state index in [1.54, 1.807) is 0 Å². The van der Waals surface area contributed by atoms with Gasteiger partial charge in [0.25, 0.3) is 0 Å². The molecule has 0 aliphatic heterocycles. The van der Waals surface area contributed by atoms with Crippen molar-refractivity contribution >= 4 is 17.6 Å². The van der Waals surface area contributed by atoms with Gasteiger partial charge >= 0.3 is 12.5 Å². The fourth-order valence-electron chi connectivity index (χ4n) is 1.38. The Hall–Kier alpha value is -2.66. The maximum Gasteiger partial charge on any atom is 0.573 e. The topological polar surface area (TPSA) is 101 Å². The van der Waals surface area contributed by atoms with E-state index in [0.717, 1.165) is 24.3 Å². The van der Waals surface area contributed by atoms with Crippen LogP contribution in [0.15, 0.2) is 29.3 Å². The Morgan fingerprint density at radius 2 is 1.61 bits per heavy atom. The first-order chi connectivity index (χ1) is 10.4. The molecule has 0 bridgehead atoms. The van der Waals surface area contributed by atoms with Crippen LogP contribution < -0.4 is 16.2 Å². The number of hydrogen-bond acceptors (Lipinski definition) is 3. The number of nitrogens with one attached hydrogen (secondary N) is 1. The molecule has 12 heteroatoms. The predicted octanol–water partition coefficient (Wildman–Crippen LogP) is 2.29. The summed E-state index contributed by atoms with van der Waals surface area (Å²) in [4.78, 5) is 3.76. The quantitative estimate of drug-likeness (QED) is 0.445. The van der Waals surface area contributed by atoms with E-state index in [-0.39, 0.29) is 10.6 Å². The third-order valence-electron chi connectivity index (χ3n) is 2.22. The molecule has 0 amide bonds. The highest BCUT2D eigenvalue weighted by atomic mass is 19.4. The lowest BCUT2D eigenvalue weighted by molar-refractivity contribution is -0.274. The van der Waals surface area contributed by atoms with Crippen molar-refractivity contribution < 1.29 is 31.1 Å². The van der Waals surface area contributed by atoms with Crippen molar-refractivity contribution in [2.24, 2.45) is 16.5 Å².